The van der Waals surface area contributed by atoms with Crippen LogP contribution in [0.15, 0.2) is 30.3 Å². The van der Waals surface area contributed by atoms with E-state index < -0.39 is 0 Å². The standard InChI is InChI=1S/C13H14N2O3/c1-10(16)14-8-6-11(7-9-14)12-4-2-3-5-13(12)15(17)18/h2-6H,7-9H2,1H3. The zero-order valence-electron chi connectivity index (χ0n) is 10.1. The molecule has 1 aliphatic heterocycles. The maximum Gasteiger partial charge on any atom is 0.276 e. The first-order valence-corrected chi connectivity index (χ1v) is 5.78. The Balaban J connectivity index is 2.29. The number of nitrogens with zero attached hydrogens (tertiary/aromatic N) is 2. The Morgan fingerprint density at radius 3 is 2.67 bits per heavy atom. The molecule has 1 aromatic rings. The number of nitro groups is 1. The highest BCUT2D eigenvalue weighted by molar-refractivity contribution is 5.78. The summed E-state index contributed by atoms with van der Waals surface area (Å²) in [6.07, 6.45) is 2.55. The second-order valence-electron chi connectivity index (χ2n) is 4.22. The molecule has 0 N–H and O–H groups in total. The number of amides is 1. The predicted octanol–water partition coefficient (Wildman–Crippen LogP) is 2.23. The summed E-state index contributed by atoms with van der Waals surface area (Å²) in [6.45, 7) is 2.67. The average Bonchev–Trinajstić information content (AvgIpc) is 2.39. The number of para-hydroxylation sites is 1. The van der Waals surface area contributed by atoms with Crippen molar-refractivity contribution in [3.63, 3.8) is 0 Å². The highest BCUT2D eigenvalue weighted by Gasteiger charge is 2.20. The summed E-state index contributed by atoms with van der Waals surface area (Å²) in [5, 5.41) is 11.0. The topological polar surface area (TPSA) is 63.5 Å². The van der Waals surface area contributed by atoms with Gasteiger partial charge in [-0.15, -0.1) is 0 Å². The van der Waals surface area contributed by atoms with Gasteiger partial charge in [-0.3, -0.25) is 14.9 Å². The Labute approximate surface area is 105 Å². The largest absolute Gasteiger partial charge is 0.339 e. The van der Waals surface area contributed by atoms with E-state index in [1.54, 1.807) is 23.1 Å². The fraction of sp³-hybridized carbons (Fsp3) is 0.308. The predicted molar refractivity (Wildman–Crippen MR) is 67.9 cm³/mol. The number of carbonyl (C=O) groups is 1. The molecule has 0 aromatic heterocycles. The Bertz CT molecular complexity index is 523. The number of nitro benzene ring substituents is 1. The smallest absolute Gasteiger partial charge is 0.276 e. The minimum absolute atomic E-state index is 0.0351. The van der Waals surface area contributed by atoms with E-state index in [2.05, 4.69) is 0 Å². The van der Waals surface area contributed by atoms with Crippen molar-refractivity contribution >= 4 is 17.2 Å². The van der Waals surface area contributed by atoms with Gasteiger partial charge in [-0.05, 0) is 18.1 Å². The minimum atomic E-state index is -0.368. The van der Waals surface area contributed by atoms with Gasteiger partial charge in [0.1, 0.15) is 0 Å². The van der Waals surface area contributed by atoms with E-state index in [-0.39, 0.29) is 16.5 Å². The lowest BCUT2D eigenvalue weighted by Gasteiger charge is -2.25. The Morgan fingerprint density at radius 1 is 1.39 bits per heavy atom. The van der Waals surface area contributed by atoms with Crippen molar-refractivity contribution in [2.75, 3.05) is 13.1 Å². The molecule has 0 saturated heterocycles. The molecule has 1 heterocycles. The van der Waals surface area contributed by atoms with Crippen LogP contribution in [0.5, 0.6) is 0 Å². The summed E-state index contributed by atoms with van der Waals surface area (Å²) in [5.41, 5.74) is 1.73. The van der Waals surface area contributed by atoms with Gasteiger partial charge in [-0.25, -0.2) is 0 Å². The van der Waals surface area contributed by atoms with E-state index in [1.807, 2.05) is 6.08 Å². The van der Waals surface area contributed by atoms with Gasteiger partial charge in [0.05, 0.1) is 10.5 Å². The molecular formula is C13H14N2O3. The van der Waals surface area contributed by atoms with Crippen LogP contribution in [0.25, 0.3) is 5.57 Å². The lowest BCUT2D eigenvalue weighted by molar-refractivity contribution is -0.385. The summed E-state index contributed by atoms with van der Waals surface area (Å²) in [5.74, 6) is 0.0351. The fourth-order valence-corrected chi connectivity index (χ4v) is 2.10. The van der Waals surface area contributed by atoms with Gasteiger partial charge in [0.25, 0.3) is 5.69 Å². The van der Waals surface area contributed by atoms with Crippen LogP contribution in [0.4, 0.5) is 5.69 Å². The molecule has 0 radical (unpaired) electrons. The third kappa shape index (κ3) is 2.40. The van der Waals surface area contributed by atoms with E-state index in [4.69, 9.17) is 0 Å². The second kappa shape index (κ2) is 5.00. The molecule has 18 heavy (non-hydrogen) atoms. The van der Waals surface area contributed by atoms with Crippen LogP contribution in [-0.4, -0.2) is 28.8 Å². The molecular weight excluding hydrogens is 232 g/mol. The molecule has 0 spiro atoms. The van der Waals surface area contributed by atoms with Crippen LogP contribution in [0.3, 0.4) is 0 Å². The molecule has 5 heteroatoms. The van der Waals surface area contributed by atoms with Crippen molar-refractivity contribution < 1.29 is 9.72 Å². The highest BCUT2D eigenvalue weighted by Crippen LogP contribution is 2.29. The van der Waals surface area contributed by atoms with Crippen molar-refractivity contribution in [3.05, 3.63) is 46.0 Å². The van der Waals surface area contributed by atoms with E-state index in [0.717, 1.165) is 5.57 Å². The zero-order chi connectivity index (χ0) is 13.1. The van der Waals surface area contributed by atoms with Crippen molar-refractivity contribution in [2.45, 2.75) is 13.3 Å². The van der Waals surface area contributed by atoms with Gasteiger partial charge in [0, 0.05) is 26.1 Å². The lowest BCUT2D eigenvalue weighted by Crippen LogP contribution is -2.32. The van der Waals surface area contributed by atoms with Gasteiger partial charge in [-0.2, -0.15) is 0 Å². The van der Waals surface area contributed by atoms with Gasteiger partial charge in [-0.1, -0.05) is 18.2 Å². The third-order valence-electron chi connectivity index (χ3n) is 3.10. The number of rotatable bonds is 2. The maximum absolute atomic E-state index is 11.2. The summed E-state index contributed by atoms with van der Waals surface area (Å²) >= 11 is 0. The number of benzene rings is 1. The molecule has 5 nitrogen and oxygen atoms in total. The Morgan fingerprint density at radius 2 is 2.11 bits per heavy atom. The zero-order valence-corrected chi connectivity index (χ0v) is 10.1. The van der Waals surface area contributed by atoms with Crippen LogP contribution in [0.2, 0.25) is 0 Å². The molecule has 94 valence electrons. The number of hydrogen-bond donors (Lipinski definition) is 0. The van der Waals surface area contributed by atoms with Crippen molar-refractivity contribution in [1.82, 2.24) is 4.90 Å². The molecule has 0 aliphatic carbocycles. The van der Waals surface area contributed by atoms with Crippen LogP contribution in [0, 0.1) is 10.1 Å². The molecule has 0 unspecified atom stereocenters. The van der Waals surface area contributed by atoms with E-state index in [9.17, 15) is 14.9 Å². The third-order valence-corrected chi connectivity index (χ3v) is 3.10. The first-order chi connectivity index (χ1) is 8.59. The van der Waals surface area contributed by atoms with Gasteiger partial charge in [0.15, 0.2) is 0 Å². The second-order valence-corrected chi connectivity index (χ2v) is 4.22. The van der Waals surface area contributed by atoms with E-state index >= 15 is 0 Å². The molecule has 0 bridgehead atoms. The minimum Gasteiger partial charge on any atom is -0.339 e. The summed E-state index contributed by atoms with van der Waals surface area (Å²) in [4.78, 5) is 23.5. The summed E-state index contributed by atoms with van der Waals surface area (Å²) < 4.78 is 0. The Hall–Kier alpha value is -2.17. The van der Waals surface area contributed by atoms with Crippen molar-refractivity contribution in [3.8, 4) is 0 Å². The first-order valence-electron chi connectivity index (χ1n) is 5.78. The highest BCUT2D eigenvalue weighted by atomic mass is 16.6. The van der Waals surface area contributed by atoms with Gasteiger partial charge in [0.2, 0.25) is 5.91 Å². The summed E-state index contributed by atoms with van der Waals surface area (Å²) in [7, 11) is 0. The van der Waals surface area contributed by atoms with Crippen molar-refractivity contribution in [2.24, 2.45) is 0 Å². The molecule has 0 saturated carbocycles. The molecule has 2 rings (SSSR count). The van der Waals surface area contributed by atoms with Crippen LogP contribution in [-0.2, 0) is 4.79 Å². The normalized spacial score (nSPS) is 15.2. The molecule has 1 aromatic carbocycles. The van der Waals surface area contributed by atoms with Crippen LogP contribution >= 0.6 is 0 Å². The molecule has 0 fully saturated rings. The Kier molecular flexibility index (Phi) is 3.41. The van der Waals surface area contributed by atoms with Crippen LogP contribution < -0.4 is 0 Å². The quantitative estimate of drug-likeness (QED) is 0.593. The lowest BCUT2D eigenvalue weighted by atomic mass is 9.98. The number of carbonyl (C=O) groups excluding carboxylic acids is 1. The van der Waals surface area contributed by atoms with E-state index in [1.165, 1.54) is 13.0 Å². The first kappa shape index (κ1) is 12.3. The number of hydrogen-bond acceptors (Lipinski definition) is 3. The SMILES string of the molecule is CC(=O)N1CC=C(c2ccccc2[N+](=O)[O-])CC1. The monoisotopic (exact) mass is 246 g/mol. The van der Waals surface area contributed by atoms with E-state index in [0.29, 0.717) is 25.1 Å². The fourth-order valence-electron chi connectivity index (χ4n) is 2.10. The van der Waals surface area contributed by atoms with Gasteiger partial charge >= 0.3 is 0 Å². The van der Waals surface area contributed by atoms with Gasteiger partial charge < -0.3 is 4.90 Å². The van der Waals surface area contributed by atoms with Crippen LogP contribution in [0.1, 0.15) is 18.9 Å². The molecule has 1 aliphatic rings. The average molecular weight is 246 g/mol. The van der Waals surface area contributed by atoms with Crippen molar-refractivity contribution in [1.29, 1.82) is 0 Å². The molecule has 0 atom stereocenters. The summed E-state index contributed by atoms with van der Waals surface area (Å²) in [6, 6.07) is 6.72. The maximum atomic E-state index is 11.2. The molecule has 1 amide bonds.